The summed E-state index contributed by atoms with van der Waals surface area (Å²) < 4.78 is 25.2. The monoisotopic (exact) mass is 290 g/mol. The average Bonchev–Trinajstić information content (AvgIpc) is 2.27. The van der Waals surface area contributed by atoms with E-state index in [1.165, 1.54) is 12.1 Å². The normalized spacial score (nSPS) is 12.9. The Balaban J connectivity index is 3.19. The van der Waals surface area contributed by atoms with Crippen molar-refractivity contribution in [2.24, 2.45) is 0 Å². The third-order valence-corrected chi connectivity index (χ3v) is 2.74. The van der Waals surface area contributed by atoms with Gasteiger partial charge in [0.05, 0.1) is 4.83 Å². The van der Waals surface area contributed by atoms with E-state index in [0.29, 0.717) is 12.0 Å². The van der Waals surface area contributed by atoms with Gasteiger partial charge in [0.15, 0.2) is 5.78 Å². The molecule has 0 amide bonds. The first kappa shape index (κ1) is 13.3. The smallest absolute Gasteiger partial charge is 0.263 e. The van der Waals surface area contributed by atoms with Crippen LogP contribution in [0.1, 0.15) is 41.8 Å². The molecule has 0 bridgehead atoms. The number of carbonyl (C=O) groups excluding carboxylic acids is 1. The van der Waals surface area contributed by atoms with Crippen molar-refractivity contribution in [3.05, 3.63) is 34.9 Å². The van der Waals surface area contributed by atoms with E-state index in [0.717, 1.165) is 5.56 Å². The Morgan fingerprint density at radius 3 is 2.44 bits per heavy atom. The van der Waals surface area contributed by atoms with E-state index in [1.54, 1.807) is 13.0 Å². The third kappa shape index (κ3) is 3.11. The van der Waals surface area contributed by atoms with Crippen LogP contribution >= 0.6 is 15.9 Å². The lowest BCUT2D eigenvalue weighted by atomic mass is 10.0. The van der Waals surface area contributed by atoms with Crippen LogP contribution in [0.3, 0.4) is 0 Å². The molecule has 1 rings (SSSR count). The van der Waals surface area contributed by atoms with Gasteiger partial charge in [-0.25, -0.2) is 8.78 Å². The van der Waals surface area contributed by atoms with Gasteiger partial charge in [0.2, 0.25) is 0 Å². The zero-order chi connectivity index (χ0) is 12.3. The van der Waals surface area contributed by atoms with Gasteiger partial charge in [-0.2, -0.15) is 0 Å². The summed E-state index contributed by atoms with van der Waals surface area (Å²) in [7, 11) is 0. The van der Waals surface area contributed by atoms with Crippen LogP contribution in [-0.4, -0.2) is 10.6 Å². The molecule has 1 aromatic carbocycles. The number of hydrogen-bond acceptors (Lipinski definition) is 1. The summed E-state index contributed by atoms with van der Waals surface area (Å²) in [6.07, 6.45) is -1.90. The maximum absolute atomic E-state index is 12.6. The number of carbonyl (C=O) groups is 1. The molecule has 0 radical (unpaired) electrons. The van der Waals surface area contributed by atoms with E-state index < -0.39 is 6.43 Å². The lowest BCUT2D eigenvalue weighted by Gasteiger charge is -2.08. The topological polar surface area (TPSA) is 17.1 Å². The molecule has 0 heterocycles. The van der Waals surface area contributed by atoms with Crippen LogP contribution in [-0.2, 0) is 6.42 Å². The van der Waals surface area contributed by atoms with Gasteiger partial charge in [-0.05, 0) is 31.0 Å². The number of rotatable bonds is 4. The van der Waals surface area contributed by atoms with E-state index >= 15 is 0 Å². The number of ketones is 1. The Hall–Kier alpha value is -0.770. The van der Waals surface area contributed by atoms with Crippen molar-refractivity contribution in [2.75, 3.05) is 0 Å². The molecule has 0 aromatic heterocycles. The van der Waals surface area contributed by atoms with Crippen LogP contribution in [0.25, 0.3) is 0 Å². The quantitative estimate of drug-likeness (QED) is 0.601. The number of hydrogen-bond donors (Lipinski definition) is 0. The molecule has 1 nitrogen and oxygen atoms in total. The van der Waals surface area contributed by atoms with Gasteiger partial charge in [-0.15, -0.1) is 0 Å². The van der Waals surface area contributed by atoms with Crippen LogP contribution in [0.15, 0.2) is 18.2 Å². The van der Waals surface area contributed by atoms with Crippen molar-refractivity contribution in [3.63, 3.8) is 0 Å². The molecule has 0 aliphatic rings. The second-order valence-electron chi connectivity index (χ2n) is 3.60. The average molecular weight is 291 g/mol. The van der Waals surface area contributed by atoms with Crippen molar-refractivity contribution < 1.29 is 13.6 Å². The molecule has 0 aliphatic heterocycles. The zero-order valence-corrected chi connectivity index (χ0v) is 10.7. The predicted molar refractivity (Wildman–Crippen MR) is 63.5 cm³/mol. The molecule has 0 aliphatic carbocycles. The summed E-state index contributed by atoms with van der Waals surface area (Å²) in [5.41, 5.74) is 1.02. The van der Waals surface area contributed by atoms with Crippen LogP contribution in [0, 0.1) is 0 Å². The highest BCUT2D eigenvalue weighted by atomic mass is 79.9. The third-order valence-electron chi connectivity index (χ3n) is 2.32. The summed E-state index contributed by atoms with van der Waals surface area (Å²) in [5, 5.41) is 0. The minimum atomic E-state index is -2.54. The van der Waals surface area contributed by atoms with Gasteiger partial charge in [0.1, 0.15) is 0 Å². The molecule has 1 aromatic rings. The molecule has 1 atom stereocenters. The zero-order valence-electron chi connectivity index (χ0n) is 9.14. The Morgan fingerprint density at radius 2 is 2.00 bits per heavy atom. The summed E-state index contributed by atoms with van der Waals surface area (Å²) in [5.74, 6) is -0.169. The minimum Gasteiger partial charge on any atom is -0.293 e. The highest BCUT2D eigenvalue weighted by molar-refractivity contribution is 9.10. The lowest BCUT2D eigenvalue weighted by molar-refractivity contribution is 0.0995. The maximum atomic E-state index is 12.6. The van der Waals surface area contributed by atoms with Gasteiger partial charge < -0.3 is 0 Å². The van der Waals surface area contributed by atoms with E-state index in [2.05, 4.69) is 15.9 Å². The molecule has 1 unspecified atom stereocenters. The number of Topliss-reactive ketones (excluding diaryl/α,β-unsaturated/α-hetero) is 1. The fraction of sp³-hybridized carbons (Fsp3) is 0.417. The second-order valence-corrected chi connectivity index (χ2v) is 4.97. The molecule has 0 fully saturated rings. The van der Waals surface area contributed by atoms with Crippen molar-refractivity contribution >= 4 is 21.7 Å². The summed E-state index contributed by atoms with van der Waals surface area (Å²) in [4.78, 5) is 11.3. The maximum Gasteiger partial charge on any atom is 0.263 e. The van der Waals surface area contributed by atoms with Gasteiger partial charge >= 0.3 is 0 Å². The minimum absolute atomic E-state index is 0.0872. The summed E-state index contributed by atoms with van der Waals surface area (Å²) >= 11 is 3.15. The Bertz CT molecular complexity index is 389. The van der Waals surface area contributed by atoms with Crippen LogP contribution < -0.4 is 0 Å². The molecule has 0 saturated heterocycles. The first-order valence-corrected chi connectivity index (χ1v) is 5.97. The number of alkyl halides is 3. The highest BCUT2D eigenvalue weighted by Crippen LogP contribution is 2.23. The van der Waals surface area contributed by atoms with Gasteiger partial charge in [-0.1, -0.05) is 28.9 Å². The highest BCUT2D eigenvalue weighted by Gasteiger charge is 2.16. The number of aryl methyl sites for hydroxylation is 1. The Morgan fingerprint density at radius 1 is 1.38 bits per heavy atom. The van der Waals surface area contributed by atoms with Crippen molar-refractivity contribution in [3.8, 4) is 0 Å². The van der Waals surface area contributed by atoms with Crippen LogP contribution in [0.4, 0.5) is 8.78 Å². The SMILES string of the molecule is CCc1cc(C(=O)C(C)Br)cc(C(F)F)c1. The first-order chi connectivity index (χ1) is 7.45. The number of benzene rings is 1. The van der Waals surface area contributed by atoms with Crippen LogP contribution in [0.2, 0.25) is 0 Å². The standard InChI is InChI=1S/C12H13BrF2O/c1-3-8-4-9(11(16)7(2)13)6-10(5-8)12(14)15/h4-7,12H,3H2,1-2H3. The summed E-state index contributed by atoms with van der Waals surface area (Å²) in [6, 6.07) is 4.39. The number of halogens is 3. The fourth-order valence-electron chi connectivity index (χ4n) is 1.42. The van der Waals surface area contributed by atoms with E-state index in [-0.39, 0.29) is 16.2 Å². The fourth-order valence-corrected chi connectivity index (χ4v) is 1.68. The lowest BCUT2D eigenvalue weighted by Crippen LogP contribution is -2.11. The molecule has 0 N–H and O–H groups in total. The molecule has 0 saturated carbocycles. The van der Waals surface area contributed by atoms with Crippen LogP contribution in [0.5, 0.6) is 0 Å². The second kappa shape index (κ2) is 5.53. The predicted octanol–water partition coefficient (Wildman–Crippen LogP) is 4.15. The van der Waals surface area contributed by atoms with Crippen molar-refractivity contribution in [1.29, 1.82) is 0 Å². The van der Waals surface area contributed by atoms with E-state index in [4.69, 9.17) is 0 Å². The van der Waals surface area contributed by atoms with Crippen molar-refractivity contribution in [2.45, 2.75) is 31.5 Å². The molecular formula is C12H13BrF2O. The van der Waals surface area contributed by atoms with Gasteiger partial charge in [-0.3, -0.25) is 4.79 Å². The Labute approximate surface area is 102 Å². The van der Waals surface area contributed by atoms with E-state index in [9.17, 15) is 13.6 Å². The molecule has 0 spiro atoms. The van der Waals surface area contributed by atoms with Gasteiger partial charge in [0.25, 0.3) is 6.43 Å². The molecule has 4 heteroatoms. The molecule has 88 valence electrons. The molecular weight excluding hydrogens is 278 g/mol. The summed E-state index contributed by atoms with van der Waals surface area (Å²) in [6.45, 7) is 3.55. The Kier molecular flexibility index (Phi) is 4.59. The van der Waals surface area contributed by atoms with E-state index in [1.807, 2.05) is 6.92 Å². The van der Waals surface area contributed by atoms with Gasteiger partial charge in [0, 0.05) is 11.1 Å². The molecule has 16 heavy (non-hydrogen) atoms. The van der Waals surface area contributed by atoms with Crippen molar-refractivity contribution in [1.82, 2.24) is 0 Å². The first-order valence-electron chi connectivity index (χ1n) is 5.06. The largest absolute Gasteiger partial charge is 0.293 e.